The van der Waals surface area contributed by atoms with Crippen LogP contribution in [0.15, 0.2) is 24.4 Å². The molecule has 16 heteroatoms. The molecule has 230 valence electrons. The van der Waals surface area contributed by atoms with Gasteiger partial charge in [0.05, 0.1) is 35.7 Å². The van der Waals surface area contributed by atoms with E-state index in [-0.39, 0.29) is 43.7 Å². The van der Waals surface area contributed by atoms with Crippen LogP contribution in [-0.2, 0) is 11.3 Å². The van der Waals surface area contributed by atoms with Crippen LogP contribution in [0.5, 0.6) is 0 Å². The summed E-state index contributed by atoms with van der Waals surface area (Å²) in [6.07, 6.45) is -9.01. The maximum absolute atomic E-state index is 13.9. The number of hydrogen-bond acceptors (Lipinski definition) is 5. The highest BCUT2D eigenvalue weighted by molar-refractivity contribution is 5.92. The van der Waals surface area contributed by atoms with Gasteiger partial charge in [-0.05, 0) is 43.4 Å². The van der Waals surface area contributed by atoms with Gasteiger partial charge in [0, 0.05) is 32.2 Å². The van der Waals surface area contributed by atoms with Crippen LogP contribution in [-0.4, -0.2) is 55.3 Å². The normalized spacial score (nSPS) is 17.4. The molecule has 3 aromatic rings. The highest BCUT2D eigenvalue weighted by atomic mass is 19.4. The van der Waals surface area contributed by atoms with E-state index in [9.17, 15) is 40.3 Å². The Morgan fingerprint density at radius 2 is 1.88 bits per heavy atom. The average Bonchev–Trinajstić information content (AvgIpc) is 3.55. The summed E-state index contributed by atoms with van der Waals surface area (Å²) in [5.41, 5.74) is 1.46. The first-order valence-electron chi connectivity index (χ1n) is 13.4. The molecule has 2 aromatic heterocycles. The molecule has 1 aromatic carbocycles. The van der Waals surface area contributed by atoms with Gasteiger partial charge in [-0.3, -0.25) is 9.59 Å². The fourth-order valence-electron chi connectivity index (χ4n) is 4.95. The Balaban J connectivity index is 1.55. The van der Waals surface area contributed by atoms with Crippen molar-refractivity contribution in [2.45, 2.75) is 89.0 Å². The first-order chi connectivity index (χ1) is 19.7. The zero-order valence-corrected chi connectivity index (χ0v) is 22.5. The molecule has 1 fully saturated rings. The molecule has 1 aliphatic carbocycles. The van der Waals surface area contributed by atoms with Gasteiger partial charge in [-0.25, -0.2) is 27.2 Å². The molecular weight excluding hydrogens is 575 g/mol. The quantitative estimate of drug-likeness (QED) is 0.245. The molecule has 42 heavy (non-hydrogen) atoms. The van der Waals surface area contributed by atoms with Gasteiger partial charge in [0.2, 0.25) is 18.3 Å². The summed E-state index contributed by atoms with van der Waals surface area (Å²) in [6.45, 7) is 1.36. The Morgan fingerprint density at radius 3 is 2.55 bits per heavy atom. The minimum atomic E-state index is -4.45. The van der Waals surface area contributed by atoms with Crippen molar-refractivity contribution in [1.29, 1.82) is 0 Å². The number of aryl methyl sites for hydroxylation is 1. The Bertz CT molecular complexity index is 1380. The number of H-pyrrole nitrogens is 1. The van der Waals surface area contributed by atoms with Crippen molar-refractivity contribution >= 4 is 22.8 Å². The molecule has 2 amide bonds. The highest BCUT2D eigenvalue weighted by Crippen LogP contribution is 2.41. The molecule has 3 N–H and O–H groups in total. The topological polar surface area (TPSA) is 118 Å². The standard InChI is InChI=1S/C26H30F7N7O2/c1-14(35-21(41)6-10-26(31,32)33)16-2-3-17-18(12-16)37-23(36-17)22(15-4-8-25(29,30)9-5-15)38-24(42)19-13-34-39-40(19)11-7-20(27)28/h2-3,12-15,20,22H,4-11H2,1H3,(H,35,41)(H,36,37)(H,38,42)/t14-,22+/m1/s1. The number of nitrogens with zero attached hydrogens (tertiary/aromatic N) is 4. The van der Waals surface area contributed by atoms with E-state index in [0.29, 0.717) is 16.6 Å². The van der Waals surface area contributed by atoms with Crippen molar-refractivity contribution in [2.24, 2.45) is 5.92 Å². The Labute approximate surface area is 235 Å². The van der Waals surface area contributed by atoms with Crippen LogP contribution in [0.1, 0.15) is 85.8 Å². The number of aromatic amines is 1. The molecule has 0 aliphatic heterocycles. The van der Waals surface area contributed by atoms with Crippen molar-refractivity contribution in [3.63, 3.8) is 0 Å². The largest absolute Gasteiger partial charge is 0.389 e. The summed E-state index contributed by atoms with van der Waals surface area (Å²) in [5, 5.41) is 12.6. The second-order valence-electron chi connectivity index (χ2n) is 10.5. The van der Waals surface area contributed by atoms with E-state index >= 15 is 0 Å². The lowest BCUT2D eigenvalue weighted by molar-refractivity contribution is -0.144. The second kappa shape index (κ2) is 12.7. The van der Waals surface area contributed by atoms with E-state index in [0.717, 1.165) is 10.9 Å². The lowest BCUT2D eigenvalue weighted by Gasteiger charge is -2.33. The maximum atomic E-state index is 13.9. The fraction of sp³-hybridized carbons (Fsp3) is 0.577. The monoisotopic (exact) mass is 605 g/mol. The van der Waals surface area contributed by atoms with Crippen LogP contribution in [0, 0.1) is 5.92 Å². The fourth-order valence-corrected chi connectivity index (χ4v) is 4.95. The summed E-state index contributed by atoms with van der Waals surface area (Å²) < 4.78 is 91.7. The van der Waals surface area contributed by atoms with Crippen LogP contribution < -0.4 is 10.6 Å². The van der Waals surface area contributed by atoms with Crippen LogP contribution in [0.2, 0.25) is 0 Å². The molecule has 0 unspecified atom stereocenters. The molecule has 0 spiro atoms. The van der Waals surface area contributed by atoms with Crippen LogP contribution in [0.25, 0.3) is 11.0 Å². The van der Waals surface area contributed by atoms with E-state index in [1.54, 1.807) is 25.1 Å². The maximum Gasteiger partial charge on any atom is 0.389 e. The van der Waals surface area contributed by atoms with Gasteiger partial charge in [-0.1, -0.05) is 11.3 Å². The van der Waals surface area contributed by atoms with Crippen molar-refractivity contribution in [1.82, 2.24) is 35.6 Å². The number of alkyl halides is 7. The van der Waals surface area contributed by atoms with E-state index in [2.05, 4.69) is 30.9 Å². The van der Waals surface area contributed by atoms with Crippen LogP contribution in [0.3, 0.4) is 0 Å². The lowest BCUT2D eigenvalue weighted by atomic mass is 9.81. The van der Waals surface area contributed by atoms with E-state index in [4.69, 9.17) is 0 Å². The number of carbonyl (C=O) groups is 2. The minimum absolute atomic E-state index is 0.0738. The number of rotatable bonds is 11. The van der Waals surface area contributed by atoms with Gasteiger partial charge in [0.25, 0.3) is 5.91 Å². The number of fused-ring (bicyclic) bond motifs is 1. The molecule has 1 aliphatic rings. The highest BCUT2D eigenvalue weighted by Gasteiger charge is 2.40. The summed E-state index contributed by atoms with van der Waals surface area (Å²) in [6, 6.07) is 3.45. The second-order valence-corrected chi connectivity index (χ2v) is 10.5. The molecular formula is C26H30F7N7O2. The third-order valence-corrected chi connectivity index (χ3v) is 7.26. The number of hydrogen-bond donors (Lipinski definition) is 3. The first kappa shape index (κ1) is 31.2. The van der Waals surface area contributed by atoms with Gasteiger partial charge in [-0.15, -0.1) is 5.10 Å². The third-order valence-electron chi connectivity index (χ3n) is 7.26. The number of imidazole rings is 1. The number of benzene rings is 1. The van der Waals surface area contributed by atoms with Crippen LogP contribution >= 0.6 is 0 Å². The van der Waals surface area contributed by atoms with E-state index in [1.807, 2.05) is 0 Å². The van der Waals surface area contributed by atoms with Crippen molar-refractivity contribution in [2.75, 3.05) is 0 Å². The molecule has 0 bridgehead atoms. The zero-order chi connectivity index (χ0) is 30.7. The van der Waals surface area contributed by atoms with Crippen molar-refractivity contribution in [3.8, 4) is 0 Å². The summed E-state index contributed by atoms with van der Waals surface area (Å²) in [4.78, 5) is 32.8. The number of nitrogens with one attached hydrogen (secondary N) is 3. The Hall–Kier alpha value is -3.72. The SMILES string of the molecule is C[C@@H](NC(=O)CCC(F)(F)F)c1ccc2nc([C@@H](NC(=O)c3cnnn3CCC(F)F)C3CCC(F)(F)CC3)[nH]c2c1. The molecule has 4 rings (SSSR count). The number of halogens is 7. The van der Waals surface area contributed by atoms with Gasteiger partial charge in [-0.2, -0.15) is 13.2 Å². The lowest BCUT2D eigenvalue weighted by Crippen LogP contribution is -2.38. The van der Waals surface area contributed by atoms with E-state index in [1.165, 1.54) is 0 Å². The molecule has 1 saturated carbocycles. The molecule has 2 heterocycles. The number of amides is 2. The van der Waals surface area contributed by atoms with Crippen molar-refractivity contribution < 1.29 is 40.3 Å². The summed E-state index contributed by atoms with van der Waals surface area (Å²) in [5.74, 6) is -4.42. The van der Waals surface area contributed by atoms with Crippen LogP contribution in [0.4, 0.5) is 30.7 Å². The molecule has 0 radical (unpaired) electrons. The van der Waals surface area contributed by atoms with Gasteiger partial charge in [0.15, 0.2) is 0 Å². The van der Waals surface area contributed by atoms with Gasteiger partial charge in [0.1, 0.15) is 11.5 Å². The van der Waals surface area contributed by atoms with E-state index < -0.39 is 67.6 Å². The summed E-state index contributed by atoms with van der Waals surface area (Å²) >= 11 is 0. The van der Waals surface area contributed by atoms with Gasteiger partial charge >= 0.3 is 6.18 Å². The smallest absolute Gasteiger partial charge is 0.350 e. The summed E-state index contributed by atoms with van der Waals surface area (Å²) in [7, 11) is 0. The average molecular weight is 606 g/mol. The van der Waals surface area contributed by atoms with Crippen molar-refractivity contribution in [3.05, 3.63) is 41.5 Å². The number of carbonyl (C=O) groups excluding carboxylic acids is 2. The molecule has 2 atom stereocenters. The Morgan fingerprint density at radius 1 is 1.17 bits per heavy atom. The first-order valence-corrected chi connectivity index (χ1v) is 13.4. The zero-order valence-electron chi connectivity index (χ0n) is 22.5. The minimum Gasteiger partial charge on any atom is -0.350 e. The number of aromatic nitrogens is 5. The third kappa shape index (κ3) is 8.18. The Kier molecular flexibility index (Phi) is 9.40. The molecule has 9 nitrogen and oxygen atoms in total. The predicted octanol–water partition coefficient (Wildman–Crippen LogP) is 5.63. The van der Waals surface area contributed by atoms with Gasteiger partial charge < -0.3 is 15.6 Å². The predicted molar refractivity (Wildman–Crippen MR) is 136 cm³/mol. The molecule has 0 saturated heterocycles.